The molecule has 0 aliphatic heterocycles. The van der Waals surface area contributed by atoms with E-state index in [1.807, 2.05) is 54.6 Å². The summed E-state index contributed by atoms with van der Waals surface area (Å²) in [4.78, 5) is 0. The van der Waals surface area contributed by atoms with Crippen molar-refractivity contribution < 1.29 is 5.11 Å². The minimum absolute atomic E-state index is 0.583. The monoisotopic (exact) mass is 286 g/mol. The fourth-order valence-corrected chi connectivity index (χ4v) is 2.11. The zero-order chi connectivity index (χ0) is 14.4. The van der Waals surface area contributed by atoms with Gasteiger partial charge in [-0.3, -0.25) is 0 Å². The molecular weight excluding hydrogens is 268 g/mol. The maximum atomic E-state index is 10.5. The van der Waals surface area contributed by atoms with Gasteiger partial charge in [0.15, 0.2) is 5.11 Å². The zero-order valence-electron chi connectivity index (χ0n) is 11.3. The Balaban J connectivity index is 2.21. The molecule has 2 aromatic carbocycles. The topological polar surface area (TPSA) is 44.3 Å². The van der Waals surface area contributed by atoms with Crippen LogP contribution in [0.5, 0.6) is 0 Å². The highest BCUT2D eigenvalue weighted by atomic mass is 32.1. The van der Waals surface area contributed by atoms with E-state index in [1.54, 1.807) is 7.05 Å². The molecule has 0 aliphatic rings. The summed E-state index contributed by atoms with van der Waals surface area (Å²) in [5, 5.41) is 17.1. The normalized spacial score (nSPS) is 11.7. The van der Waals surface area contributed by atoms with Crippen LogP contribution in [0.2, 0.25) is 0 Å². The molecule has 20 heavy (non-hydrogen) atoms. The first-order valence-corrected chi connectivity index (χ1v) is 6.89. The van der Waals surface area contributed by atoms with E-state index in [-0.39, 0.29) is 0 Å². The first-order valence-electron chi connectivity index (χ1n) is 6.48. The summed E-state index contributed by atoms with van der Waals surface area (Å²) < 4.78 is 0. The standard InChI is InChI=1S/C16H18N2OS/c1-17-16(20)18-11-13-9-5-6-10-14(13)15(19)12-7-3-2-4-8-12/h2-10,15,19H,11H2,1H3,(H2,17,18,20). The Bertz CT molecular complexity index is 572. The molecule has 0 radical (unpaired) electrons. The van der Waals surface area contributed by atoms with Crippen LogP contribution in [-0.4, -0.2) is 17.3 Å². The maximum Gasteiger partial charge on any atom is 0.166 e. The van der Waals surface area contributed by atoms with Crippen molar-refractivity contribution in [1.29, 1.82) is 0 Å². The summed E-state index contributed by atoms with van der Waals surface area (Å²) in [5.74, 6) is 0. The molecule has 0 bridgehead atoms. The molecule has 3 nitrogen and oxygen atoms in total. The molecule has 0 saturated carbocycles. The van der Waals surface area contributed by atoms with Crippen LogP contribution in [0.25, 0.3) is 0 Å². The van der Waals surface area contributed by atoms with Gasteiger partial charge in [-0.25, -0.2) is 0 Å². The molecule has 1 atom stereocenters. The van der Waals surface area contributed by atoms with Gasteiger partial charge in [-0.15, -0.1) is 0 Å². The smallest absolute Gasteiger partial charge is 0.166 e. The SMILES string of the molecule is CNC(=S)NCc1ccccc1C(O)c1ccccc1. The highest BCUT2D eigenvalue weighted by Gasteiger charge is 2.13. The molecule has 0 aliphatic carbocycles. The van der Waals surface area contributed by atoms with E-state index in [9.17, 15) is 5.11 Å². The van der Waals surface area contributed by atoms with Crippen molar-refractivity contribution in [2.24, 2.45) is 0 Å². The summed E-state index contributed by atoms with van der Waals surface area (Å²) in [7, 11) is 1.78. The van der Waals surface area contributed by atoms with Crippen LogP contribution in [0.3, 0.4) is 0 Å². The summed E-state index contributed by atoms with van der Waals surface area (Å²) in [6.45, 7) is 0.583. The van der Waals surface area contributed by atoms with Gasteiger partial charge in [0.2, 0.25) is 0 Å². The lowest BCUT2D eigenvalue weighted by Gasteiger charge is -2.17. The van der Waals surface area contributed by atoms with Crippen LogP contribution in [0.15, 0.2) is 54.6 Å². The van der Waals surface area contributed by atoms with Gasteiger partial charge in [0.05, 0.1) is 0 Å². The average Bonchev–Trinajstić information content (AvgIpc) is 2.53. The Hall–Kier alpha value is -1.91. The lowest BCUT2D eigenvalue weighted by molar-refractivity contribution is 0.219. The van der Waals surface area contributed by atoms with E-state index in [2.05, 4.69) is 10.6 Å². The van der Waals surface area contributed by atoms with Crippen LogP contribution >= 0.6 is 12.2 Å². The van der Waals surface area contributed by atoms with E-state index in [0.717, 1.165) is 16.7 Å². The van der Waals surface area contributed by atoms with Crippen LogP contribution < -0.4 is 10.6 Å². The fraction of sp³-hybridized carbons (Fsp3) is 0.188. The molecule has 0 heterocycles. The van der Waals surface area contributed by atoms with Crippen molar-refractivity contribution >= 4 is 17.3 Å². The Morgan fingerprint density at radius 3 is 2.45 bits per heavy atom. The molecule has 0 amide bonds. The maximum absolute atomic E-state index is 10.5. The van der Waals surface area contributed by atoms with Gasteiger partial charge in [-0.2, -0.15) is 0 Å². The van der Waals surface area contributed by atoms with Gasteiger partial charge in [0.1, 0.15) is 6.10 Å². The second kappa shape index (κ2) is 7.03. The number of thiocarbonyl (C=S) groups is 1. The molecule has 0 fully saturated rings. The van der Waals surface area contributed by atoms with Crippen LogP contribution in [0.1, 0.15) is 22.8 Å². The Kier molecular flexibility index (Phi) is 5.09. The second-order valence-electron chi connectivity index (χ2n) is 4.44. The van der Waals surface area contributed by atoms with Gasteiger partial charge < -0.3 is 15.7 Å². The Labute approximate surface area is 124 Å². The Morgan fingerprint density at radius 1 is 1.10 bits per heavy atom. The highest BCUT2D eigenvalue weighted by Crippen LogP contribution is 2.24. The minimum Gasteiger partial charge on any atom is -0.384 e. The van der Waals surface area contributed by atoms with Crippen molar-refractivity contribution in [1.82, 2.24) is 10.6 Å². The molecule has 3 N–H and O–H groups in total. The van der Waals surface area contributed by atoms with E-state index < -0.39 is 6.10 Å². The summed E-state index contributed by atoms with van der Waals surface area (Å²) in [5.41, 5.74) is 2.81. The van der Waals surface area contributed by atoms with Crippen LogP contribution in [0.4, 0.5) is 0 Å². The summed E-state index contributed by atoms with van der Waals surface area (Å²) in [6, 6.07) is 17.5. The molecular formula is C16H18N2OS. The molecule has 4 heteroatoms. The number of nitrogens with one attached hydrogen (secondary N) is 2. The van der Waals surface area contributed by atoms with Gasteiger partial charge in [-0.05, 0) is 28.9 Å². The van der Waals surface area contributed by atoms with Gasteiger partial charge in [0, 0.05) is 13.6 Å². The van der Waals surface area contributed by atoms with Crippen molar-refractivity contribution in [2.75, 3.05) is 7.05 Å². The average molecular weight is 286 g/mol. The van der Waals surface area contributed by atoms with E-state index in [4.69, 9.17) is 12.2 Å². The molecule has 0 aromatic heterocycles. The van der Waals surface area contributed by atoms with Crippen LogP contribution in [0, 0.1) is 0 Å². The van der Waals surface area contributed by atoms with Gasteiger partial charge >= 0.3 is 0 Å². The fourth-order valence-electron chi connectivity index (χ4n) is 2.04. The van der Waals surface area contributed by atoms with Crippen molar-refractivity contribution in [3.05, 3.63) is 71.3 Å². The number of rotatable bonds is 4. The van der Waals surface area contributed by atoms with Crippen molar-refractivity contribution in [2.45, 2.75) is 12.6 Å². The summed E-state index contributed by atoms with van der Waals surface area (Å²) in [6.07, 6.45) is -0.627. The molecule has 2 rings (SSSR count). The van der Waals surface area contributed by atoms with E-state index in [0.29, 0.717) is 11.7 Å². The quantitative estimate of drug-likeness (QED) is 0.755. The molecule has 0 saturated heterocycles. The first kappa shape index (κ1) is 14.5. The number of hydrogen-bond donors (Lipinski definition) is 3. The predicted octanol–water partition coefficient (Wildman–Crippen LogP) is 2.36. The Morgan fingerprint density at radius 2 is 1.75 bits per heavy atom. The summed E-state index contributed by atoms with van der Waals surface area (Å²) >= 11 is 5.07. The lowest BCUT2D eigenvalue weighted by atomic mass is 9.97. The van der Waals surface area contributed by atoms with Gasteiger partial charge in [-0.1, -0.05) is 54.6 Å². The number of aliphatic hydroxyl groups is 1. The number of benzene rings is 2. The third-order valence-corrected chi connectivity index (χ3v) is 3.48. The number of hydrogen-bond acceptors (Lipinski definition) is 2. The van der Waals surface area contributed by atoms with Gasteiger partial charge in [0.25, 0.3) is 0 Å². The third-order valence-electron chi connectivity index (χ3n) is 3.13. The predicted molar refractivity (Wildman–Crippen MR) is 85.4 cm³/mol. The molecule has 2 aromatic rings. The highest BCUT2D eigenvalue weighted by molar-refractivity contribution is 7.80. The molecule has 1 unspecified atom stereocenters. The first-order chi connectivity index (χ1) is 9.72. The second-order valence-corrected chi connectivity index (χ2v) is 4.85. The largest absolute Gasteiger partial charge is 0.384 e. The third kappa shape index (κ3) is 3.56. The number of aliphatic hydroxyl groups excluding tert-OH is 1. The van der Waals surface area contributed by atoms with E-state index >= 15 is 0 Å². The van der Waals surface area contributed by atoms with Crippen LogP contribution in [-0.2, 0) is 6.54 Å². The zero-order valence-corrected chi connectivity index (χ0v) is 12.2. The van der Waals surface area contributed by atoms with E-state index in [1.165, 1.54) is 0 Å². The molecule has 0 spiro atoms. The molecule has 104 valence electrons. The van der Waals surface area contributed by atoms with Crippen molar-refractivity contribution in [3.8, 4) is 0 Å². The lowest BCUT2D eigenvalue weighted by Crippen LogP contribution is -2.32. The van der Waals surface area contributed by atoms with Crippen molar-refractivity contribution in [3.63, 3.8) is 0 Å². The minimum atomic E-state index is -0.627.